The zero-order chi connectivity index (χ0) is 19.8. The molecule has 0 radical (unpaired) electrons. The minimum atomic E-state index is -0.597. The van der Waals surface area contributed by atoms with Gasteiger partial charge < -0.3 is 0 Å². The molecule has 4 aromatic carbocycles. The van der Waals surface area contributed by atoms with Gasteiger partial charge in [-0.15, -0.1) is 0 Å². The molecule has 0 aliphatic carbocycles. The van der Waals surface area contributed by atoms with Crippen LogP contribution in [0.25, 0.3) is 0 Å². The van der Waals surface area contributed by atoms with Crippen LogP contribution in [0.5, 0.6) is 0 Å². The predicted octanol–water partition coefficient (Wildman–Crippen LogP) is 5.74. The molecule has 4 aromatic rings. The van der Waals surface area contributed by atoms with E-state index < -0.39 is 5.54 Å². The van der Waals surface area contributed by atoms with E-state index in [0.717, 1.165) is 23.1 Å². The summed E-state index contributed by atoms with van der Waals surface area (Å²) in [5, 5.41) is 0. The van der Waals surface area contributed by atoms with Gasteiger partial charge in [0.25, 0.3) is 0 Å². The molecule has 0 bridgehead atoms. The smallest absolute Gasteiger partial charge is 0.118 e. The Balaban J connectivity index is 1.70. The molecule has 144 valence electrons. The lowest BCUT2D eigenvalue weighted by Crippen LogP contribution is -2.44. The van der Waals surface area contributed by atoms with Crippen LogP contribution in [0.1, 0.15) is 22.3 Å². The second-order valence-electron chi connectivity index (χ2n) is 7.03. The van der Waals surface area contributed by atoms with E-state index in [9.17, 15) is 0 Å². The van der Waals surface area contributed by atoms with Crippen LogP contribution in [-0.4, -0.2) is 6.61 Å². The van der Waals surface area contributed by atoms with Crippen LogP contribution in [0.2, 0.25) is 0 Å². The highest BCUT2D eigenvalue weighted by molar-refractivity contribution is 5.48. The number of hydrogen-bond acceptors (Lipinski definition) is 2. The Hall–Kier alpha value is -3.20. The Morgan fingerprint density at radius 1 is 0.517 bits per heavy atom. The molecule has 0 aliphatic rings. The molecule has 0 spiro atoms. The molecule has 0 aromatic heterocycles. The molecule has 0 amide bonds. The molecule has 29 heavy (non-hydrogen) atoms. The monoisotopic (exact) mass is 379 g/mol. The SMILES string of the molecule is c1ccc(CCONC(c2ccccc2)(c2ccccc2)c2ccccc2)cc1. The normalized spacial score (nSPS) is 11.3. The molecule has 0 atom stereocenters. The number of hydrogen-bond donors (Lipinski definition) is 1. The fourth-order valence-electron chi connectivity index (χ4n) is 3.71. The van der Waals surface area contributed by atoms with Gasteiger partial charge in [-0.25, -0.2) is 0 Å². The molecule has 0 saturated carbocycles. The van der Waals surface area contributed by atoms with E-state index in [-0.39, 0.29) is 0 Å². The maximum absolute atomic E-state index is 6.12. The minimum Gasteiger partial charge on any atom is -0.300 e. The Kier molecular flexibility index (Phi) is 6.16. The van der Waals surface area contributed by atoms with Crippen LogP contribution in [0, 0.1) is 0 Å². The first-order chi connectivity index (χ1) is 14.4. The average molecular weight is 380 g/mol. The van der Waals surface area contributed by atoms with E-state index in [1.54, 1.807) is 0 Å². The van der Waals surface area contributed by atoms with Gasteiger partial charge in [-0.05, 0) is 28.7 Å². The second-order valence-corrected chi connectivity index (χ2v) is 7.03. The number of rotatable bonds is 8. The first kappa shape index (κ1) is 19.1. The zero-order valence-corrected chi connectivity index (χ0v) is 16.4. The Bertz CT molecular complexity index is 889. The van der Waals surface area contributed by atoms with Crippen molar-refractivity contribution in [3.8, 4) is 0 Å². The second kappa shape index (κ2) is 9.33. The van der Waals surface area contributed by atoms with Gasteiger partial charge in [0.05, 0.1) is 6.61 Å². The van der Waals surface area contributed by atoms with Gasteiger partial charge in [0.15, 0.2) is 0 Å². The highest BCUT2D eigenvalue weighted by Gasteiger charge is 2.36. The summed E-state index contributed by atoms with van der Waals surface area (Å²) in [5.41, 5.74) is 7.53. The van der Waals surface area contributed by atoms with Crippen molar-refractivity contribution < 1.29 is 4.84 Å². The van der Waals surface area contributed by atoms with Crippen molar-refractivity contribution >= 4 is 0 Å². The van der Waals surface area contributed by atoms with Gasteiger partial charge >= 0.3 is 0 Å². The maximum Gasteiger partial charge on any atom is 0.118 e. The molecule has 0 saturated heterocycles. The summed E-state index contributed by atoms with van der Waals surface area (Å²) in [6.07, 6.45) is 0.849. The molecule has 0 heterocycles. The van der Waals surface area contributed by atoms with E-state index >= 15 is 0 Å². The van der Waals surface area contributed by atoms with Gasteiger partial charge in [0, 0.05) is 0 Å². The van der Waals surface area contributed by atoms with Crippen molar-refractivity contribution in [3.63, 3.8) is 0 Å². The third kappa shape index (κ3) is 4.29. The summed E-state index contributed by atoms with van der Waals surface area (Å²) in [7, 11) is 0. The van der Waals surface area contributed by atoms with Crippen molar-refractivity contribution in [1.29, 1.82) is 0 Å². The Morgan fingerprint density at radius 3 is 1.31 bits per heavy atom. The van der Waals surface area contributed by atoms with Crippen LogP contribution in [0.4, 0.5) is 0 Å². The highest BCUT2D eigenvalue weighted by atomic mass is 16.6. The lowest BCUT2D eigenvalue weighted by molar-refractivity contribution is 0.00233. The van der Waals surface area contributed by atoms with E-state index in [1.165, 1.54) is 5.56 Å². The molecule has 0 fully saturated rings. The largest absolute Gasteiger partial charge is 0.300 e. The first-order valence-electron chi connectivity index (χ1n) is 9.99. The van der Waals surface area contributed by atoms with Crippen molar-refractivity contribution in [2.45, 2.75) is 12.0 Å². The van der Waals surface area contributed by atoms with Gasteiger partial charge in [0.1, 0.15) is 5.54 Å². The summed E-state index contributed by atoms with van der Waals surface area (Å²) in [6.45, 7) is 0.582. The first-order valence-corrected chi connectivity index (χ1v) is 9.99. The van der Waals surface area contributed by atoms with Crippen LogP contribution >= 0.6 is 0 Å². The zero-order valence-electron chi connectivity index (χ0n) is 16.4. The molecular weight excluding hydrogens is 354 g/mol. The number of benzene rings is 4. The van der Waals surface area contributed by atoms with Gasteiger partial charge in [-0.3, -0.25) is 4.84 Å². The van der Waals surface area contributed by atoms with E-state index in [0.29, 0.717) is 6.61 Å². The van der Waals surface area contributed by atoms with Crippen LogP contribution in [0.3, 0.4) is 0 Å². The number of nitrogens with one attached hydrogen (secondary N) is 1. The lowest BCUT2D eigenvalue weighted by atomic mass is 9.78. The predicted molar refractivity (Wildman–Crippen MR) is 118 cm³/mol. The van der Waals surface area contributed by atoms with Crippen molar-refractivity contribution in [2.75, 3.05) is 6.61 Å². The maximum atomic E-state index is 6.12. The Morgan fingerprint density at radius 2 is 0.897 bits per heavy atom. The topological polar surface area (TPSA) is 21.3 Å². The van der Waals surface area contributed by atoms with Crippen molar-refractivity contribution in [1.82, 2.24) is 5.48 Å². The van der Waals surface area contributed by atoms with E-state index in [2.05, 4.69) is 103 Å². The standard InChI is InChI=1S/C27H25NO/c1-5-13-23(14-6-1)21-22-29-28-27(24-15-7-2-8-16-24,25-17-9-3-10-18-25)26-19-11-4-12-20-26/h1-20,28H,21-22H2. The van der Waals surface area contributed by atoms with E-state index in [4.69, 9.17) is 4.84 Å². The van der Waals surface area contributed by atoms with Crippen molar-refractivity contribution in [2.24, 2.45) is 0 Å². The summed E-state index contributed by atoms with van der Waals surface area (Å²) >= 11 is 0. The van der Waals surface area contributed by atoms with E-state index in [1.807, 2.05) is 24.3 Å². The fourth-order valence-corrected chi connectivity index (χ4v) is 3.71. The molecular formula is C27H25NO. The van der Waals surface area contributed by atoms with Crippen LogP contribution in [0.15, 0.2) is 121 Å². The lowest BCUT2D eigenvalue weighted by Gasteiger charge is -2.36. The molecule has 0 aliphatic heterocycles. The highest BCUT2D eigenvalue weighted by Crippen LogP contribution is 2.36. The van der Waals surface area contributed by atoms with Gasteiger partial charge in [-0.1, -0.05) is 121 Å². The van der Waals surface area contributed by atoms with Gasteiger partial charge in [-0.2, -0.15) is 5.48 Å². The van der Waals surface area contributed by atoms with Crippen molar-refractivity contribution in [3.05, 3.63) is 144 Å². The minimum absolute atomic E-state index is 0.582. The van der Waals surface area contributed by atoms with Gasteiger partial charge in [0.2, 0.25) is 0 Å². The van der Waals surface area contributed by atoms with Crippen LogP contribution in [-0.2, 0) is 16.8 Å². The summed E-state index contributed by atoms with van der Waals surface area (Å²) in [5.74, 6) is 0. The third-order valence-electron chi connectivity index (χ3n) is 5.18. The third-order valence-corrected chi connectivity index (χ3v) is 5.18. The summed E-state index contributed by atoms with van der Waals surface area (Å²) in [6, 6.07) is 41.8. The quantitative estimate of drug-likeness (QED) is 0.239. The number of hydroxylamine groups is 1. The molecule has 1 N–H and O–H groups in total. The molecule has 2 heteroatoms. The summed E-state index contributed by atoms with van der Waals surface area (Å²) < 4.78 is 0. The van der Waals surface area contributed by atoms with Crippen LogP contribution < -0.4 is 5.48 Å². The summed E-state index contributed by atoms with van der Waals surface area (Å²) in [4.78, 5) is 6.12. The molecule has 2 nitrogen and oxygen atoms in total. The molecule has 4 rings (SSSR count). The average Bonchev–Trinajstić information content (AvgIpc) is 2.82. The molecule has 0 unspecified atom stereocenters. The fraction of sp³-hybridized carbons (Fsp3) is 0.111. The Labute approximate surface area is 172 Å².